The van der Waals surface area contributed by atoms with Crippen molar-refractivity contribution in [2.24, 2.45) is 11.8 Å². The third-order valence-corrected chi connectivity index (χ3v) is 3.97. The number of hydrogen-bond acceptors (Lipinski definition) is 2. The minimum Gasteiger partial charge on any atom is -0.254 e. The molecule has 0 aromatic carbocycles. The van der Waals surface area contributed by atoms with Gasteiger partial charge in [0.05, 0.1) is 11.7 Å². The van der Waals surface area contributed by atoms with E-state index in [-0.39, 0.29) is 0 Å². The summed E-state index contributed by atoms with van der Waals surface area (Å²) in [4.78, 5) is 4.24. The minimum absolute atomic E-state index is 0.432. The summed E-state index contributed by atoms with van der Waals surface area (Å²) in [5.74, 6) is 1.64. The maximum Gasteiger partial charge on any atom is 0.408 e. The number of alkyl halides is 3. The molecule has 2 atom stereocenters. The van der Waals surface area contributed by atoms with E-state index in [4.69, 9.17) is 0 Å². The third kappa shape index (κ3) is 2.51. The number of aromatic nitrogens is 3. The van der Waals surface area contributed by atoms with Gasteiger partial charge < -0.3 is 0 Å². The van der Waals surface area contributed by atoms with Crippen LogP contribution in [0.4, 0.5) is 13.2 Å². The Morgan fingerprint density at radius 1 is 1.35 bits per heavy atom. The molecule has 20 heavy (non-hydrogen) atoms. The van der Waals surface area contributed by atoms with Crippen LogP contribution in [0, 0.1) is 11.8 Å². The molecule has 0 aliphatic heterocycles. The lowest BCUT2D eigenvalue weighted by Crippen LogP contribution is -2.18. The van der Waals surface area contributed by atoms with Crippen molar-refractivity contribution in [3.8, 4) is 0 Å². The number of fused-ring (bicyclic) bond motifs is 1. The molecule has 0 saturated heterocycles. The van der Waals surface area contributed by atoms with Crippen molar-refractivity contribution in [1.29, 1.82) is 0 Å². The first-order chi connectivity index (χ1) is 9.35. The van der Waals surface area contributed by atoms with Crippen LogP contribution in [0.2, 0.25) is 0 Å². The van der Waals surface area contributed by atoms with E-state index in [0.29, 0.717) is 28.8 Å². The van der Waals surface area contributed by atoms with Crippen molar-refractivity contribution in [2.75, 3.05) is 0 Å². The fourth-order valence-corrected chi connectivity index (χ4v) is 2.81. The third-order valence-electron chi connectivity index (χ3n) is 3.97. The number of rotatable bonds is 3. The summed E-state index contributed by atoms with van der Waals surface area (Å²) >= 11 is 0. The lowest BCUT2D eigenvalue weighted by Gasteiger charge is -2.08. The Balaban J connectivity index is 1.92. The van der Waals surface area contributed by atoms with Gasteiger partial charge in [-0.25, -0.2) is 0 Å². The fraction of sp³-hybridized carbons (Fsp3) is 0.571. The molecule has 3 rings (SSSR count). The van der Waals surface area contributed by atoms with E-state index in [1.54, 1.807) is 6.20 Å². The molecule has 6 heteroatoms. The zero-order chi connectivity index (χ0) is 14.5. The highest BCUT2D eigenvalue weighted by molar-refractivity contribution is 5.74. The summed E-state index contributed by atoms with van der Waals surface area (Å²) in [7, 11) is 0. The maximum absolute atomic E-state index is 12.5. The molecule has 2 aromatic rings. The standard InChI is InChI=1S/C14H16F3N3/c1-8(2)10-4-11(10)9-3-13-12(18-5-9)6-19-20(13)7-14(15,16)17/h3,5-6,8,10-11H,4,7H2,1-2H3/t10-,11-/m0/s1. The molecular formula is C14H16F3N3. The van der Waals surface area contributed by atoms with Gasteiger partial charge in [-0.05, 0) is 35.8 Å². The highest BCUT2D eigenvalue weighted by Gasteiger charge is 2.40. The second-order valence-corrected chi connectivity index (χ2v) is 5.84. The van der Waals surface area contributed by atoms with Crippen molar-refractivity contribution in [3.63, 3.8) is 0 Å². The van der Waals surface area contributed by atoms with Gasteiger partial charge in [0.15, 0.2) is 0 Å². The maximum atomic E-state index is 12.5. The van der Waals surface area contributed by atoms with E-state index in [0.717, 1.165) is 16.7 Å². The van der Waals surface area contributed by atoms with Crippen molar-refractivity contribution in [1.82, 2.24) is 14.8 Å². The lowest BCUT2D eigenvalue weighted by molar-refractivity contribution is -0.141. The van der Waals surface area contributed by atoms with E-state index >= 15 is 0 Å². The van der Waals surface area contributed by atoms with Gasteiger partial charge in [-0.2, -0.15) is 18.3 Å². The molecule has 108 valence electrons. The number of pyridine rings is 1. The predicted molar refractivity (Wildman–Crippen MR) is 69.3 cm³/mol. The van der Waals surface area contributed by atoms with Crippen LogP contribution in [-0.2, 0) is 6.54 Å². The van der Waals surface area contributed by atoms with Gasteiger partial charge in [-0.3, -0.25) is 9.67 Å². The first-order valence-corrected chi connectivity index (χ1v) is 6.73. The largest absolute Gasteiger partial charge is 0.408 e. The van der Waals surface area contributed by atoms with Crippen LogP contribution in [0.15, 0.2) is 18.5 Å². The van der Waals surface area contributed by atoms with Crippen LogP contribution < -0.4 is 0 Å². The van der Waals surface area contributed by atoms with Gasteiger partial charge in [0.1, 0.15) is 12.1 Å². The van der Waals surface area contributed by atoms with Crippen molar-refractivity contribution in [2.45, 2.75) is 38.9 Å². The molecule has 1 aliphatic rings. The van der Waals surface area contributed by atoms with Crippen LogP contribution in [0.3, 0.4) is 0 Å². The Kier molecular flexibility index (Phi) is 2.99. The van der Waals surface area contributed by atoms with Gasteiger partial charge in [0.25, 0.3) is 0 Å². The molecular weight excluding hydrogens is 267 g/mol. The summed E-state index contributed by atoms with van der Waals surface area (Å²) in [6, 6.07) is 1.81. The number of hydrogen-bond donors (Lipinski definition) is 0. The van der Waals surface area contributed by atoms with Gasteiger partial charge in [-0.1, -0.05) is 13.8 Å². The van der Waals surface area contributed by atoms with E-state index in [2.05, 4.69) is 23.9 Å². The molecule has 2 heterocycles. The second-order valence-electron chi connectivity index (χ2n) is 5.84. The molecule has 0 bridgehead atoms. The number of halogens is 3. The Morgan fingerprint density at radius 3 is 2.70 bits per heavy atom. The fourth-order valence-electron chi connectivity index (χ4n) is 2.81. The smallest absolute Gasteiger partial charge is 0.254 e. The normalized spacial score (nSPS) is 22.7. The molecule has 1 saturated carbocycles. The quantitative estimate of drug-likeness (QED) is 0.858. The monoisotopic (exact) mass is 283 g/mol. The van der Waals surface area contributed by atoms with Crippen molar-refractivity contribution >= 4 is 11.0 Å². The Bertz CT molecular complexity index is 630. The SMILES string of the molecule is CC(C)[C@@H]1C[C@H]1c1cnc2cnn(CC(F)(F)F)c2c1. The Hall–Kier alpha value is -1.59. The molecule has 0 unspecified atom stereocenters. The first kappa shape index (κ1) is 13.4. The average Bonchev–Trinajstić information content (AvgIpc) is 3.06. The van der Waals surface area contributed by atoms with Gasteiger partial charge in [-0.15, -0.1) is 0 Å². The summed E-state index contributed by atoms with van der Waals surface area (Å²) in [5.41, 5.74) is 2.01. The zero-order valence-electron chi connectivity index (χ0n) is 11.4. The van der Waals surface area contributed by atoms with Crippen LogP contribution in [-0.4, -0.2) is 20.9 Å². The van der Waals surface area contributed by atoms with E-state index in [9.17, 15) is 13.2 Å². The van der Waals surface area contributed by atoms with Crippen LogP contribution in [0.25, 0.3) is 11.0 Å². The van der Waals surface area contributed by atoms with Crippen LogP contribution in [0.1, 0.15) is 31.7 Å². The topological polar surface area (TPSA) is 30.7 Å². The lowest BCUT2D eigenvalue weighted by atomic mass is 10.0. The minimum atomic E-state index is -4.27. The molecule has 0 amide bonds. The molecule has 1 aliphatic carbocycles. The summed E-state index contributed by atoms with van der Waals surface area (Å²) < 4.78 is 38.5. The summed E-state index contributed by atoms with van der Waals surface area (Å²) in [6.07, 6.45) is -0.0140. The molecule has 0 spiro atoms. The highest BCUT2D eigenvalue weighted by Crippen LogP contribution is 2.51. The molecule has 1 fully saturated rings. The van der Waals surface area contributed by atoms with E-state index < -0.39 is 12.7 Å². The summed E-state index contributed by atoms with van der Waals surface area (Å²) in [5, 5.41) is 3.79. The zero-order valence-corrected chi connectivity index (χ0v) is 11.4. The number of nitrogens with zero attached hydrogens (tertiary/aromatic N) is 3. The second kappa shape index (κ2) is 4.46. The van der Waals surface area contributed by atoms with E-state index in [1.807, 2.05) is 6.07 Å². The van der Waals surface area contributed by atoms with Crippen LogP contribution in [0.5, 0.6) is 0 Å². The Labute approximate surface area is 114 Å². The van der Waals surface area contributed by atoms with Gasteiger partial charge >= 0.3 is 6.18 Å². The van der Waals surface area contributed by atoms with Crippen molar-refractivity contribution in [3.05, 3.63) is 24.0 Å². The highest BCUT2D eigenvalue weighted by atomic mass is 19.4. The first-order valence-electron chi connectivity index (χ1n) is 6.73. The van der Waals surface area contributed by atoms with E-state index in [1.165, 1.54) is 6.20 Å². The molecule has 0 radical (unpaired) electrons. The van der Waals surface area contributed by atoms with Gasteiger partial charge in [0.2, 0.25) is 0 Å². The average molecular weight is 283 g/mol. The predicted octanol–water partition coefficient (Wildman–Crippen LogP) is 3.75. The van der Waals surface area contributed by atoms with Crippen molar-refractivity contribution < 1.29 is 13.2 Å². The molecule has 0 N–H and O–H groups in total. The molecule has 2 aromatic heterocycles. The Morgan fingerprint density at radius 2 is 2.10 bits per heavy atom. The van der Waals surface area contributed by atoms with Crippen LogP contribution >= 0.6 is 0 Å². The summed E-state index contributed by atoms with van der Waals surface area (Å²) in [6.45, 7) is 3.27. The van der Waals surface area contributed by atoms with Gasteiger partial charge in [0, 0.05) is 6.20 Å². The molecule has 3 nitrogen and oxygen atoms in total.